The second kappa shape index (κ2) is 32.8. The Morgan fingerprint density at radius 2 is 1.48 bits per heavy atom. The first-order valence-corrected chi connectivity index (χ1v) is 24.6. The van der Waals surface area contributed by atoms with Gasteiger partial charge in [0, 0.05) is 18.8 Å². The summed E-state index contributed by atoms with van der Waals surface area (Å²) in [6.07, 6.45) is 15.9. The number of unbranched alkanes of at least 4 members (excludes halogenated alkanes) is 10. The van der Waals surface area contributed by atoms with Crippen molar-refractivity contribution in [2.45, 2.75) is 191 Å². The third-order valence-corrected chi connectivity index (χ3v) is 12.1. The van der Waals surface area contributed by atoms with E-state index in [9.17, 15) is 54.5 Å². The summed E-state index contributed by atoms with van der Waals surface area (Å²) < 4.78 is 34.6. The van der Waals surface area contributed by atoms with E-state index in [1.54, 1.807) is 12.2 Å². The SMILES string of the molecule is CCCCC/C=C\C/C=C\CCCCCCCC(=O)O[C@@H]1COC(=O)CCC/C=C\C[C@H]2/C=C\C(=O)[C@H](/C=C/[C@@H](O)CCCCC)[C@@H](O)[C@@H](O)[C@@H](OP(=O)(O)OC1)[C@H](O)[C@@H](O)[C@@H]2O. The predicted octanol–water partition coefficient (Wildman–Crippen LogP) is 6.56. The molecule has 16 heteroatoms. The van der Waals surface area contributed by atoms with Gasteiger partial charge in [-0.15, -0.1) is 0 Å². The molecule has 1 aliphatic carbocycles. The van der Waals surface area contributed by atoms with Gasteiger partial charge in [-0.1, -0.05) is 120 Å². The van der Waals surface area contributed by atoms with Gasteiger partial charge in [0.15, 0.2) is 11.9 Å². The van der Waals surface area contributed by atoms with E-state index in [0.717, 1.165) is 63.9 Å². The number of carbonyl (C=O) groups is 3. The van der Waals surface area contributed by atoms with Gasteiger partial charge in [-0.3, -0.25) is 23.4 Å². The van der Waals surface area contributed by atoms with Crippen LogP contribution in [0.1, 0.15) is 142 Å². The quantitative estimate of drug-likeness (QED) is 0.0279. The zero-order chi connectivity index (χ0) is 46.5. The molecule has 63 heavy (non-hydrogen) atoms. The molecule has 0 amide bonds. The molecule has 15 nitrogen and oxygen atoms in total. The van der Waals surface area contributed by atoms with Gasteiger partial charge >= 0.3 is 19.8 Å². The number of allylic oxidation sites excluding steroid dienone is 7. The van der Waals surface area contributed by atoms with E-state index in [0.29, 0.717) is 32.1 Å². The van der Waals surface area contributed by atoms with Crippen LogP contribution in [-0.4, -0.2) is 115 Å². The van der Waals surface area contributed by atoms with Crippen molar-refractivity contribution in [2.24, 2.45) is 11.8 Å². The topological polar surface area (TPSA) is 247 Å². The second-order valence-electron chi connectivity index (χ2n) is 16.6. The number of hydrogen-bond acceptors (Lipinski definition) is 14. The molecule has 2 aliphatic rings. The molecule has 1 aliphatic heterocycles. The number of esters is 2. The van der Waals surface area contributed by atoms with Crippen LogP contribution >= 0.6 is 7.82 Å². The summed E-state index contributed by atoms with van der Waals surface area (Å²) in [5.74, 6) is -4.68. The molecule has 0 saturated heterocycles. The lowest BCUT2D eigenvalue weighted by molar-refractivity contribution is -0.164. The van der Waals surface area contributed by atoms with Crippen LogP contribution in [0, 0.1) is 11.8 Å². The average molecular weight is 913 g/mol. The number of fused-ring (bicyclic) bond motifs is 4. The maximum Gasteiger partial charge on any atom is 0.472 e. The summed E-state index contributed by atoms with van der Waals surface area (Å²) in [6, 6.07) is 0. The molecule has 0 aromatic heterocycles. The first kappa shape index (κ1) is 56.3. The predicted molar refractivity (Wildman–Crippen MR) is 239 cm³/mol. The van der Waals surface area contributed by atoms with Crippen molar-refractivity contribution in [3.05, 3.63) is 60.8 Å². The van der Waals surface area contributed by atoms with Crippen LogP contribution in [-0.2, 0) is 37.5 Å². The molecule has 2 rings (SSSR count). The third-order valence-electron chi connectivity index (χ3n) is 11.1. The lowest BCUT2D eigenvalue weighted by Crippen LogP contribution is -2.55. The van der Waals surface area contributed by atoms with Gasteiger partial charge in [-0.25, -0.2) is 4.57 Å². The first-order valence-electron chi connectivity index (χ1n) is 23.1. The zero-order valence-electron chi connectivity index (χ0n) is 37.4. The molecule has 0 radical (unpaired) electrons. The van der Waals surface area contributed by atoms with Crippen LogP contribution in [0.25, 0.3) is 0 Å². The van der Waals surface area contributed by atoms with Crippen LogP contribution < -0.4 is 0 Å². The number of phosphoric ester groups is 1. The fraction of sp³-hybridized carbons (Fsp3) is 0.723. The van der Waals surface area contributed by atoms with Gasteiger partial charge < -0.3 is 45.0 Å². The molecule has 11 atom stereocenters. The highest BCUT2D eigenvalue weighted by molar-refractivity contribution is 7.47. The number of cyclic esters (lactones) is 1. The Hall–Kier alpha value is -2.82. The van der Waals surface area contributed by atoms with Gasteiger partial charge in [0.25, 0.3) is 0 Å². The van der Waals surface area contributed by atoms with Crippen LogP contribution in [0.5, 0.6) is 0 Å². The van der Waals surface area contributed by atoms with Gasteiger partial charge in [-0.05, 0) is 70.3 Å². The highest BCUT2D eigenvalue weighted by Crippen LogP contribution is 2.47. The molecule has 0 aromatic carbocycles. The van der Waals surface area contributed by atoms with Crippen molar-refractivity contribution in [2.75, 3.05) is 13.2 Å². The Bertz CT molecular complexity index is 1490. The van der Waals surface area contributed by atoms with E-state index >= 15 is 0 Å². The molecule has 7 N–H and O–H groups in total. The summed E-state index contributed by atoms with van der Waals surface area (Å²) in [6.45, 7) is 2.81. The molecular formula is C47H77O15P. The summed E-state index contributed by atoms with van der Waals surface area (Å²) in [7, 11) is -5.42. The largest absolute Gasteiger partial charge is 0.472 e. The standard InChI is InChI=1S/C47H77O15P/c1-3-5-7-8-9-10-11-12-13-14-15-16-17-18-24-28-41(51)61-37-33-59-40(50)27-23-20-19-22-25-35-29-32-39(49)38(31-30-36(48)26-21-6-4-2)43(53)45(55)47(46(56)44(54)42(35)52)62-63(57,58)60-34-37/h9-10,12-13,19,22,29-32,35-38,42-48,52-56H,3-8,11,14-18,20-21,23-28,33-34H2,1-2H3,(H,57,58)/b10-9-,13-12-,22-19-,31-30+,32-29-/t35-,36-,37+,38-,42+,43+,44-,45+,46+,47+/m0/s1. The van der Waals surface area contributed by atoms with Crippen molar-refractivity contribution >= 4 is 25.5 Å². The van der Waals surface area contributed by atoms with Crippen LogP contribution in [0.15, 0.2) is 60.8 Å². The fourth-order valence-electron chi connectivity index (χ4n) is 7.17. The number of carbonyl (C=O) groups excluding carboxylic acids is 3. The number of phosphoric acid groups is 1. The molecule has 0 aromatic rings. The number of ether oxygens (including phenoxy) is 2. The summed E-state index contributed by atoms with van der Waals surface area (Å²) in [4.78, 5) is 49.9. The highest BCUT2D eigenvalue weighted by atomic mass is 31.2. The molecule has 0 spiro atoms. The molecule has 360 valence electrons. The lowest BCUT2D eigenvalue weighted by atomic mass is 9.87. The number of rotatable bonds is 21. The molecule has 1 unspecified atom stereocenters. The van der Waals surface area contributed by atoms with E-state index in [-0.39, 0.29) is 19.3 Å². The maximum absolute atomic E-state index is 13.6. The fourth-order valence-corrected chi connectivity index (χ4v) is 8.14. The van der Waals surface area contributed by atoms with Crippen molar-refractivity contribution in [1.29, 1.82) is 0 Å². The Balaban J connectivity index is 2.19. The second-order valence-corrected chi connectivity index (χ2v) is 18.0. The van der Waals surface area contributed by atoms with Crippen molar-refractivity contribution in [3.8, 4) is 0 Å². The lowest BCUT2D eigenvalue weighted by Gasteiger charge is -2.36. The van der Waals surface area contributed by atoms with Crippen LogP contribution in [0.2, 0.25) is 0 Å². The molecule has 2 bridgehead atoms. The van der Waals surface area contributed by atoms with E-state index in [2.05, 4.69) is 31.2 Å². The van der Waals surface area contributed by atoms with Gasteiger partial charge in [-0.2, -0.15) is 0 Å². The average Bonchev–Trinajstić information content (AvgIpc) is 3.26. The minimum Gasteiger partial charge on any atom is -0.462 e. The number of ketones is 1. The highest BCUT2D eigenvalue weighted by Gasteiger charge is 2.47. The minimum absolute atomic E-state index is 0.0189. The van der Waals surface area contributed by atoms with Gasteiger partial charge in [0.1, 0.15) is 31.0 Å². The van der Waals surface area contributed by atoms with Crippen molar-refractivity contribution in [3.63, 3.8) is 0 Å². The Morgan fingerprint density at radius 1 is 0.825 bits per heavy atom. The number of aliphatic hydroxyl groups is 6. The van der Waals surface area contributed by atoms with Crippen molar-refractivity contribution < 1.29 is 73.0 Å². The van der Waals surface area contributed by atoms with Gasteiger partial charge in [0.2, 0.25) is 0 Å². The Labute approximate surface area is 374 Å². The maximum atomic E-state index is 13.6. The molecule has 1 heterocycles. The Morgan fingerprint density at radius 3 is 2.19 bits per heavy atom. The van der Waals surface area contributed by atoms with E-state index in [1.807, 2.05) is 6.92 Å². The zero-order valence-corrected chi connectivity index (χ0v) is 38.3. The number of aliphatic hydroxyl groups excluding tert-OH is 6. The van der Waals surface area contributed by atoms with Gasteiger partial charge in [0.05, 0.1) is 30.8 Å². The molecule has 0 saturated carbocycles. The minimum atomic E-state index is -5.42. The number of hydrogen-bond donors (Lipinski definition) is 7. The molecule has 0 fully saturated rings. The summed E-state index contributed by atoms with van der Waals surface area (Å²) in [5.41, 5.74) is 0. The molecular weight excluding hydrogens is 835 g/mol. The van der Waals surface area contributed by atoms with E-state index in [4.69, 9.17) is 18.5 Å². The Kier molecular flexibility index (Phi) is 29.3. The smallest absolute Gasteiger partial charge is 0.462 e. The van der Waals surface area contributed by atoms with Crippen molar-refractivity contribution in [1.82, 2.24) is 0 Å². The van der Waals surface area contributed by atoms with Crippen LogP contribution in [0.4, 0.5) is 0 Å². The summed E-state index contributed by atoms with van der Waals surface area (Å²) in [5, 5.41) is 67.0. The third kappa shape index (κ3) is 23.8. The monoisotopic (exact) mass is 913 g/mol. The normalized spacial score (nSPS) is 31.3. The summed E-state index contributed by atoms with van der Waals surface area (Å²) >= 11 is 0. The van der Waals surface area contributed by atoms with E-state index in [1.165, 1.54) is 37.5 Å². The van der Waals surface area contributed by atoms with E-state index < -0.39 is 99.4 Å². The van der Waals surface area contributed by atoms with Crippen LogP contribution in [0.3, 0.4) is 0 Å². The first-order chi connectivity index (χ1) is 30.2.